The van der Waals surface area contributed by atoms with Crippen LogP contribution in [0.15, 0.2) is 0 Å². The molecule has 4 nitrogen and oxygen atoms in total. The number of nitrogens with zero attached hydrogens (tertiary/aromatic N) is 2. The van der Waals surface area contributed by atoms with Crippen molar-refractivity contribution < 1.29 is 4.79 Å². The van der Waals surface area contributed by atoms with Crippen LogP contribution in [0.25, 0.3) is 0 Å². The zero-order chi connectivity index (χ0) is 12.8. The van der Waals surface area contributed by atoms with Crippen LogP contribution in [0.1, 0.15) is 32.1 Å². The Morgan fingerprint density at radius 3 is 2.44 bits per heavy atom. The van der Waals surface area contributed by atoms with Crippen LogP contribution < -0.4 is 5.32 Å². The average molecular weight is 247 g/mol. The fraction of sp³-hybridized carbons (Fsp3) is 0.857. The molecule has 2 saturated carbocycles. The number of hydrogen-bond donors (Lipinski definition) is 1. The van der Waals surface area contributed by atoms with Gasteiger partial charge in [0.1, 0.15) is 5.54 Å². The number of hydrogen-bond acceptors (Lipinski definition) is 3. The highest BCUT2D eigenvalue weighted by atomic mass is 16.2. The van der Waals surface area contributed by atoms with Crippen molar-refractivity contribution in [3.8, 4) is 6.07 Å². The van der Waals surface area contributed by atoms with Gasteiger partial charge in [0, 0.05) is 19.0 Å². The molecule has 2 unspecified atom stereocenters. The first-order valence-electron chi connectivity index (χ1n) is 7.04. The van der Waals surface area contributed by atoms with Gasteiger partial charge in [-0.1, -0.05) is 0 Å². The molecule has 0 spiro atoms. The molecule has 1 heterocycles. The third-order valence-corrected chi connectivity index (χ3v) is 5.03. The first-order chi connectivity index (χ1) is 8.62. The van der Waals surface area contributed by atoms with Crippen molar-refractivity contribution in [3.05, 3.63) is 0 Å². The van der Waals surface area contributed by atoms with E-state index >= 15 is 0 Å². The van der Waals surface area contributed by atoms with E-state index in [1.54, 1.807) is 0 Å². The fourth-order valence-electron chi connectivity index (χ4n) is 3.53. The van der Waals surface area contributed by atoms with Gasteiger partial charge < -0.3 is 10.2 Å². The zero-order valence-corrected chi connectivity index (χ0v) is 11.0. The number of carbonyl (C=O) groups excluding carboxylic acids is 1. The van der Waals surface area contributed by atoms with E-state index in [9.17, 15) is 10.1 Å². The number of nitrogens with one attached hydrogen (secondary N) is 1. The molecule has 1 amide bonds. The summed E-state index contributed by atoms with van der Waals surface area (Å²) in [6.07, 6.45) is 4.95. The Labute approximate surface area is 108 Å². The minimum Gasteiger partial charge on any atom is -0.337 e. The van der Waals surface area contributed by atoms with Gasteiger partial charge in [-0.05, 0) is 51.0 Å². The Kier molecular flexibility index (Phi) is 2.82. The van der Waals surface area contributed by atoms with E-state index in [0.717, 1.165) is 50.6 Å². The van der Waals surface area contributed by atoms with Gasteiger partial charge in [0.25, 0.3) is 0 Å². The van der Waals surface area contributed by atoms with Crippen molar-refractivity contribution in [1.29, 1.82) is 5.26 Å². The number of rotatable bonds is 2. The lowest BCUT2D eigenvalue weighted by Gasteiger charge is -2.36. The molecule has 3 fully saturated rings. The molecule has 0 aromatic heterocycles. The van der Waals surface area contributed by atoms with Gasteiger partial charge >= 0.3 is 0 Å². The van der Waals surface area contributed by atoms with Crippen molar-refractivity contribution in [1.82, 2.24) is 10.2 Å². The third-order valence-electron chi connectivity index (χ3n) is 5.03. The predicted molar refractivity (Wildman–Crippen MR) is 67.5 cm³/mol. The Balaban J connectivity index is 1.60. The van der Waals surface area contributed by atoms with E-state index in [4.69, 9.17) is 0 Å². The van der Waals surface area contributed by atoms with Gasteiger partial charge in [-0.2, -0.15) is 5.26 Å². The number of likely N-dealkylation sites (tertiary alicyclic amines) is 1. The lowest BCUT2D eigenvalue weighted by Crippen LogP contribution is -2.55. The minimum absolute atomic E-state index is 0.133. The van der Waals surface area contributed by atoms with Gasteiger partial charge in [-0.25, -0.2) is 0 Å². The zero-order valence-electron chi connectivity index (χ0n) is 11.0. The first-order valence-corrected chi connectivity index (χ1v) is 7.04. The second-order valence-electron chi connectivity index (χ2n) is 6.41. The molecule has 2 atom stereocenters. The molecule has 4 heteroatoms. The largest absolute Gasteiger partial charge is 0.337 e. The smallest absolute Gasteiger partial charge is 0.224 e. The third kappa shape index (κ3) is 2.12. The molecule has 98 valence electrons. The lowest BCUT2D eigenvalue weighted by molar-refractivity contribution is -0.127. The summed E-state index contributed by atoms with van der Waals surface area (Å²) in [6, 6.07) is 2.36. The van der Waals surface area contributed by atoms with Gasteiger partial charge in [-0.15, -0.1) is 0 Å². The van der Waals surface area contributed by atoms with Crippen molar-refractivity contribution in [3.63, 3.8) is 0 Å². The van der Waals surface area contributed by atoms with Crippen LogP contribution in [0, 0.1) is 29.1 Å². The summed E-state index contributed by atoms with van der Waals surface area (Å²) < 4.78 is 0. The maximum Gasteiger partial charge on any atom is 0.224 e. The van der Waals surface area contributed by atoms with Crippen LogP contribution in [0.5, 0.6) is 0 Å². The monoisotopic (exact) mass is 247 g/mol. The highest BCUT2D eigenvalue weighted by Gasteiger charge is 2.49. The summed E-state index contributed by atoms with van der Waals surface area (Å²) in [4.78, 5) is 14.5. The predicted octanol–water partition coefficient (Wildman–Crippen LogP) is 1.14. The average Bonchev–Trinajstić information content (AvgIpc) is 2.99. The number of piperidine rings is 1. The molecule has 1 N–H and O–H groups in total. The molecule has 3 rings (SSSR count). The molecule has 0 bridgehead atoms. The molecule has 1 aliphatic heterocycles. The summed E-state index contributed by atoms with van der Waals surface area (Å²) in [5.74, 6) is 1.94. The van der Waals surface area contributed by atoms with E-state index in [-0.39, 0.29) is 11.8 Å². The quantitative estimate of drug-likeness (QED) is 0.796. The molecular formula is C14H21N3O. The van der Waals surface area contributed by atoms with E-state index in [0.29, 0.717) is 0 Å². The highest BCUT2D eigenvalue weighted by Crippen LogP contribution is 2.54. The van der Waals surface area contributed by atoms with Crippen molar-refractivity contribution in [2.75, 3.05) is 20.1 Å². The summed E-state index contributed by atoms with van der Waals surface area (Å²) in [5, 5.41) is 12.5. The second-order valence-corrected chi connectivity index (χ2v) is 6.41. The van der Waals surface area contributed by atoms with Crippen LogP contribution in [0.2, 0.25) is 0 Å². The molecule has 0 aromatic rings. The second kappa shape index (κ2) is 4.24. The number of fused-ring (bicyclic) bond motifs is 1. The van der Waals surface area contributed by atoms with Crippen LogP contribution in [0.4, 0.5) is 0 Å². The molecule has 2 aliphatic carbocycles. The number of carbonyl (C=O) groups is 1. The summed E-state index contributed by atoms with van der Waals surface area (Å²) in [7, 11) is 2.06. The SMILES string of the molecule is CN1CCC(C#N)(NC(=O)C2CC3CC3C2)CC1. The van der Waals surface area contributed by atoms with E-state index < -0.39 is 5.54 Å². The van der Waals surface area contributed by atoms with Gasteiger partial charge in [0.2, 0.25) is 5.91 Å². The van der Waals surface area contributed by atoms with Crippen molar-refractivity contribution in [2.45, 2.75) is 37.6 Å². The molecule has 0 aromatic carbocycles. The van der Waals surface area contributed by atoms with Crippen molar-refractivity contribution >= 4 is 5.91 Å². The Morgan fingerprint density at radius 1 is 1.28 bits per heavy atom. The molecule has 3 aliphatic rings. The number of nitriles is 1. The lowest BCUT2D eigenvalue weighted by atomic mass is 9.88. The highest BCUT2D eigenvalue weighted by molar-refractivity contribution is 5.80. The molecule has 0 radical (unpaired) electrons. The van der Waals surface area contributed by atoms with E-state index in [2.05, 4.69) is 23.3 Å². The molecule has 1 saturated heterocycles. The Hall–Kier alpha value is -1.08. The maximum atomic E-state index is 12.2. The van der Waals surface area contributed by atoms with Crippen LogP contribution in [-0.2, 0) is 4.79 Å². The van der Waals surface area contributed by atoms with Crippen LogP contribution in [-0.4, -0.2) is 36.5 Å². The Bertz CT molecular complexity index is 382. The maximum absolute atomic E-state index is 12.2. The topological polar surface area (TPSA) is 56.1 Å². The summed E-state index contributed by atoms with van der Waals surface area (Å²) in [5.41, 5.74) is -0.601. The van der Waals surface area contributed by atoms with E-state index in [1.807, 2.05) is 0 Å². The Morgan fingerprint density at radius 2 is 1.89 bits per heavy atom. The molecule has 18 heavy (non-hydrogen) atoms. The van der Waals surface area contributed by atoms with Gasteiger partial charge in [0.05, 0.1) is 6.07 Å². The minimum atomic E-state index is -0.601. The standard InChI is InChI=1S/C14H21N3O/c1-17-4-2-14(9-15,3-5-17)16-13(18)12-7-10-6-11(10)8-12/h10-12H,2-8H2,1H3,(H,16,18). The molecular weight excluding hydrogens is 226 g/mol. The summed E-state index contributed by atoms with van der Waals surface area (Å²) >= 11 is 0. The summed E-state index contributed by atoms with van der Waals surface area (Å²) in [6.45, 7) is 1.79. The van der Waals surface area contributed by atoms with E-state index in [1.165, 1.54) is 6.42 Å². The van der Waals surface area contributed by atoms with Gasteiger partial charge in [-0.3, -0.25) is 4.79 Å². The normalized spacial score (nSPS) is 37.7. The van der Waals surface area contributed by atoms with Gasteiger partial charge in [0.15, 0.2) is 0 Å². The van der Waals surface area contributed by atoms with Crippen molar-refractivity contribution in [2.24, 2.45) is 17.8 Å². The van der Waals surface area contributed by atoms with Crippen LogP contribution >= 0.6 is 0 Å². The first kappa shape index (κ1) is 12.0. The number of amides is 1. The van der Waals surface area contributed by atoms with Crippen LogP contribution in [0.3, 0.4) is 0 Å². The fourth-order valence-corrected chi connectivity index (χ4v) is 3.53.